The molecular weight excluding hydrogens is 314 g/mol. The standard InChI is InChI=1S/C21H17NO3/c1-15-6-5-9-17(14-15)20(23)22-18-10-12-19(13-11-18)25-21(24)16-7-3-2-4-8-16/h2-14H,1H3,(H,22,23). The number of anilines is 1. The van der Waals surface area contributed by atoms with Gasteiger partial charge in [-0.05, 0) is 55.5 Å². The largest absolute Gasteiger partial charge is 0.423 e. The fraction of sp³-hybridized carbons (Fsp3) is 0.0476. The molecule has 0 saturated heterocycles. The van der Waals surface area contributed by atoms with Crippen molar-refractivity contribution in [3.63, 3.8) is 0 Å². The first kappa shape index (κ1) is 16.5. The van der Waals surface area contributed by atoms with Gasteiger partial charge in [0.25, 0.3) is 5.91 Å². The molecule has 4 nitrogen and oxygen atoms in total. The highest BCUT2D eigenvalue weighted by molar-refractivity contribution is 6.04. The predicted molar refractivity (Wildman–Crippen MR) is 97.0 cm³/mol. The van der Waals surface area contributed by atoms with Gasteiger partial charge in [0.15, 0.2) is 0 Å². The van der Waals surface area contributed by atoms with Crippen molar-refractivity contribution < 1.29 is 14.3 Å². The molecule has 0 aliphatic carbocycles. The minimum absolute atomic E-state index is 0.183. The topological polar surface area (TPSA) is 55.4 Å². The van der Waals surface area contributed by atoms with E-state index in [4.69, 9.17) is 4.74 Å². The second-order valence-electron chi connectivity index (χ2n) is 5.60. The molecule has 1 amide bonds. The van der Waals surface area contributed by atoms with E-state index in [0.717, 1.165) is 5.56 Å². The zero-order chi connectivity index (χ0) is 17.6. The second-order valence-corrected chi connectivity index (χ2v) is 5.60. The highest BCUT2D eigenvalue weighted by atomic mass is 16.5. The minimum atomic E-state index is -0.419. The minimum Gasteiger partial charge on any atom is -0.423 e. The molecule has 0 saturated carbocycles. The monoisotopic (exact) mass is 331 g/mol. The van der Waals surface area contributed by atoms with E-state index in [1.165, 1.54) is 0 Å². The van der Waals surface area contributed by atoms with Crippen molar-refractivity contribution in [1.29, 1.82) is 0 Å². The van der Waals surface area contributed by atoms with Gasteiger partial charge in [0.1, 0.15) is 5.75 Å². The number of ether oxygens (including phenoxy) is 1. The van der Waals surface area contributed by atoms with Crippen LogP contribution < -0.4 is 10.1 Å². The quantitative estimate of drug-likeness (QED) is 0.567. The van der Waals surface area contributed by atoms with Gasteiger partial charge in [0.05, 0.1) is 5.56 Å². The molecule has 4 heteroatoms. The van der Waals surface area contributed by atoms with E-state index in [1.54, 1.807) is 54.6 Å². The Morgan fingerprint density at radius 3 is 2.16 bits per heavy atom. The Kier molecular flexibility index (Phi) is 4.90. The maximum Gasteiger partial charge on any atom is 0.343 e. The normalized spacial score (nSPS) is 10.1. The molecule has 0 aromatic heterocycles. The number of amides is 1. The van der Waals surface area contributed by atoms with Crippen LogP contribution in [0.2, 0.25) is 0 Å². The fourth-order valence-electron chi connectivity index (χ4n) is 2.34. The third kappa shape index (κ3) is 4.32. The van der Waals surface area contributed by atoms with Crippen molar-refractivity contribution in [3.8, 4) is 5.75 Å². The Balaban J connectivity index is 1.64. The summed E-state index contributed by atoms with van der Waals surface area (Å²) in [4.78, 5) is 24.2. The lowest BCUT2D eigenvalue weighted by atomic mass is 10.1. The summed E-state index contributed by atoms with van der Waals surface area (Å²) in [7, 11) is 0. The zero-order valence-corrected chi connectivity index (χ0v) is 13.7. The van der Waals surface area contributed by atoms with Gasteiger partial charge in [-0.15, -0.1) is 0 Å². The molecule has 0 radical (unpaired) electrons. The SMILES string of the molecule is Cc1cccc(C(=O)Nc2ccc(OC(=O)c3ccccc3)cc2)c1. The number of hydrogen-bond donors (Lipinski definition) is 1. The number of benzene rings is 3. The van der Waals surface area contributed by atoms with Crippen LogP contribution in [0.5, 0.6) is 5.75 Å². The Hall–Kier alpha value is -3.40. The molecule has 3 rings (SSSR count). The van der Waals surface area contributed by atoms with Crippen molar-refractivity contribution in [2.24, 2.45) is 0 Å². The molecule has 25 heavy (non-hydrogen) atoms. The Morgan fingerprint density at radius 1 is 0.800 bits per heavy atom. The van der Waals surface area contributed by atoms with Gasteiger partial charge < -0.3 is 10.1 Å². The van der Waals surface area contributed by atoms with Crippen LogP contribution in [-0.2, 0) is 0 Å². The Bertz CT molecular complexity index is 887. The smallest absolute Gasteiger partial charge is 0.343 e. The van der Waals surface area contributed by atoms with Crippen LogP contribution in [-0.4, -0.2) is 11.9 Å². The van der Waals surface area contributed by atoms with E-state index >= 15 is 0 Å². The van der Waals surface area contributed by atoms with E-state index in [2.05, 4.69) is 5.32 Å². The number of carbonyl (C=O) groups excluding carboxylic acids is 2. The summed E-state index contributed by atoms with van der Waals surface area (Å²) < 4.78 is 5.31. The molecule has 0 fully saturated rings. The first-order chi connectivity index (χ1) is 12.1. The van der Waals surface area contributed by atoms with Crippen LogP contribution in [0.3, 0.4) is 0 Å². The van der Waals surface area contributed by atoms with Crippen molar-refractivity contribution >= 4 is 17.6 Å². The Morgan fingerprint density at radius 2 is 1.48 bits per heavy atom. The van der Waals surface area contributed by atoms with Gasteiger partial charge in [0, 0.05) is 11.3 Å². The molecular formula is C21H17NO3. The number of nitrogens with one attached hydrogen (secondary N) is 1. The fourth-order valence-corrected chi connectivity index (χ4v) is 2.34. The third-order valence-corrected chi connectivity index (χ3v) is 3.61. The van der Waals surface area contributed by atoms with Gasteiger partial charge in [-0.1, -0.05) is 35.9 Å². The zero-order valence-electron chi connectivity index (χ0n) is 13.7. The summed E-state index contributed by atoms with van der Waals surface area (Å²) in [5.74, 6) is -0.183. The lowest BCUT2D eigenvalue weighted by molar-refractivity contribution is 0.0734. The van der Waals surface area contributed by atoms with Gasteiger partial charge in [-0.3, -0.25) is 4.79 Å². The molecule has 1 N–H and O–H groups in total. The number of esters is 1. The maximum atomic E-state index is 12.2. The summed E-state index contributed by atoms with van der Waals surface area (Å²) in [6, 6.07) is 22.8. The number of hydrogen-bond acceptors (Lipinski definition) is 3. The van der Waals surface area contributed by atoms with E-state index in [-0.39, 0.29) is 5.91 Å². The first-order valence-electron chi connectivity index (χ1n) is 7.87. The van der Waals surface area contributed by atoms with Crippen LogP contribution in [0.1, 0.15) is 26.3 Å². The van der Waals surface area contributed by atoms with Gasteiger partial charge in [-0.25, -0.2) is 4.79 Å². The van der Waals surface area contributed by atoms with Crippen molar-refractivity contribution in [3.05, 3.63) is 95.6 Å². The summed E-state index contributed by atoms with van der Waals surface area (Å²) in [5, 5.41) is 2.82. The molecule has 0 unspecified atom stereocenters. The van der Waals surface area contributed by atoms with E-state index in [9.17, 15) is 9.59 Å². The summed E-state index contributed by atoms with van der Waals surface area (Å²) in [6.07, 6.45) is 0. The number of aryl methyl sites for hydroxylation is 1. The van der Waals surface area contributed by atoms with E-state index in [0.29, 0.717) is 22.6 Å². The van der Waals surface area contributed by atoms with E-state index < -0.39 is 5.97 Å². The maximum absolute atomic E-state index is 12.2. The highest BCUT2D eigenvalue weighted by Crippen LogP contribution is 2.18. The molecule has 124 valence electrons. The average molecular weight is 331 g/mol. The molecule has 0 atom stereocenters. The molecule has 0 spiro atoms. The van der Waals surface area contributed by atoms with Gasteiger partial charge >= 0.3 is 5.97 Å². The van der Waals surface area contributed by atoms with Crippen molar-refractivity contribution in [2.45, 2.75) is 6.92 Å². The first-order valence-corrected chi connectivity index (χ1v) is 7.87. The molecule has 3 aromatic rings. The average Bonchev–Trinajstić information content (AvgIpc) is 2.64. The third-order valence-electron chi connectivity index (χ3n) is 3.61. The Labute approximate surface area is 146 Å². The predicted octanol–water partition coefficient (Wildman–Crippen LogP) is 4.47. The van der Waals surface area contributed by atoms with Gasteiger partial charge in [0.2, 0.25) is 0 Å². The summed E-state index contributed by atoms with van der Waals surface area (Å²) >= 11 is 0. The van der Waals surface area contributed by atoms with Crippen LogP contribution in [0.15, 0.2) is 78.9 Å². The molecule has 0 heterocycles. The summed E-state index contributed by atoms with van der Waals surface area (Å²) in [5.41, 5.74) is 2.74. The van der Waals surface area contributed by atoms with Gasteiger partial charge in [-0.2, -0.15) is 0 Å². The van der Waals surface area contributed by atoms with Crippen molar-refractivity contribution in [2.75, 3.05) is 5.32 Å². The van der Waals surface area contributed by atoms with Crippen LogP contribution in [0.25, 0.3) is 0 Å². The van der Waals surface area contributed by atoms with Crippen LogP contribution in [0, 0.1) is 6.92 Å². The highest BCUT2D eigenvalue weighted by Gasteiger charge is 2.09. The molecule has 0 aliphatic heterocycles. The number of carbonyl (C=O) groups is 2. The van der Waals surface area contributed by atoms with Crippen molar-refractivity contribution in [1.82, 2.24) is 0 Å². The molecule has 0 bridgehead atoms. The lowest BCUT2D eigenvalue weighted by Gasteiger charge is -2.08. The molecule has 0 aliphatic rings. The number of rotatable bonds is 4. The molecule has 3 aromatic carbocycles. The van der Waals surface area contributed by atoms with Crippen LogP contribution >= 0.6 is 0 Å². The summed E-state index contributed by atoms with van der Waals surface area (Å²) in [6.45, 7) is 1.94. The lowest BCUT2D eigenvalue weighted by Crippen LogP contribution is -2.12. The second kappa shape index (κ2) is 7.45. The van der Waals surface area contributed by atoms with E-state index in [1.807, 2.05) is 31.2 Å². The van der Waals surface area contributed by atoms with Crippen LogP contribution in [0.4, 0.5) is 5.69 Å².